The number of para-hydroxylation sites is 1. The van der Waals surface area contributed by atoms with Crippen molar-refractivity contribution in [3.8, 4) is 0 Å². The number of ether oxygens (including phenoxy) is 1. The zero-order chi connectivity index (χ0) is 20.8. The molecule has 9 heteroatoms. The summed E-state index contributed by atoms with van der Waals surface area (Å²) in [5.74, 6) is 3.14. The summed E-state index contributed by atoms with van der Waals surface area (Å²) in [5, 5.41) is 16.2. The number of benzene rings is 1. The maximum atomic E-state index is 6.02. The molecular weight excluding hydrogens is 507 g/mol. The van der Waals surface area contributed by atoms with Crippen LogP contribution in [0.4, 0.5) is 0 Å². The Morgan fingerprint density at radius 3 is 3.00 bits per heavy atom. The van der Waals surface area contributed by atoms with Crippen LogP contribution in [0.15, 0.2) is 46.1 Å². The molecule has 0 saturated carbocycles. The average molecular weight is 538 g/mol. The van der Waals surface area contributed by atoms with Gasteiger partial charge in [-0.1, -0.05) is 25.1 Å². The SMILES string of the molecule is CCc1nncn1CCNC(=NCC1CCOC1)NC(C)c1cc2ccccc2o1.I. The summed E-state index contributed by atoms with van der Waals surface area (Å²) in [4.78, 5) is 4.82. The van der Waals surface area contributed by atoms with Gasteiger partial charge in [0.2, 0.25) is 0 Å². The summed E-state index contributed by atoms with van der Waals surface area (Å²) in [7, 11) is 0. The first-order chi connectivity index (χ1) is 14.7. The third kappa shape index (κ3) is 6.19. The lowest BCUT2D eigenvalue weighted by Gasteiger charge is -2.18. The monoisotopic (exact) mass is 538 g/mol. The van der Waals surface area contributed by atoms with E-state index >= 15 is 0 Å². The van der Waals surface area contributed by atoms with Gasteiger partial charge in [-0.15, -0.1) is 34.2 Å². The van der Waals surface area contributed by atoms with Crippen molar-refractivity contribution in [3.05, 3.63) is 48.2 Å². The molecule has 1 saturated heterocycles. The molecule has 0 bridgehead atoms. The number of aromatic nitrogens is 3. The molecule has 4 rings (SSSR count). The van der Waals surface area contributed by atoms with Crippen LogP contribution < -0.4 is 10.6 Å². The lowest BCUT2D eigenvalue weighted by molar-refractivity contribution is 0.187. The minimum absolute atomic E-state index is 0. The number of hydrogen-bond donors (Lipinski definition) is 2. The van der Waals surface area contributed by atoms with E-state index in [-0.39, 0.29) is 30.0 Å². The quantitative estimate of drug-likeness (QED) is 0.259. The van der Waals surface area contributed by atoms with Crippen LogP contribution in [0.5, 0.6) is 0 Å². The number of rotatable bonds is 8. The van der Waals surface area contributed by atoms with Crippen molar-refractivity contribution in [2.75, 3.05) is 26.3 Å². The van der Waals surface area contributed by atoms with E-state index in [1.807, 2.05) is 18.2 Å². The molecule has 0 spiro atoms. The fourth-order valence-electron chi connectivity index (χ4n) is 3.63. The van der Waals surface area contributed by atoms with Crippen LogP contribution in [0.3, 0.4) is 0 Å². The van der Waals surface area contributed by atoms with Gasteiger partial charge < -0.3 is 24.4 Å². The molecule has 8 nitrogen and oxygen atoms in total. The van der Waals surface area contributed by atoms with Gasteiger partial charge in [0.15, 0.2) is 5.96 Å². The standard InChI is InChI=1S/C22H30N6O2.HI/c1-3-21-27-25-15-28(21)10-9-23-22(24-13-17-8-11-29-14-17)26-16(2)20-12-18-6-4-5-7-19(18)30-20;/h4-7,12,15-17H,3,8-11,13-14H2,1-2H3,(H2,23,24,26);1H. The zero-order valence-corrected chi connectivity index (χ0v) is 20.4. The minimum Gasteiger partial charge on any atom is -0.459 e. The number of guanidine groups is 1. The zero-order valence-electron chi connectivity index (χ0n) is 18.1. The first kappa shape index (κ1) is 23.5. The van der Waals surface area contributed by atoms with Gasteiger partial charge in [-0.25, -0.2) is 0 Å². The third-order valence-corrected chi connectivity index (χ3v) is 5.41. The normalized spacial score (nSPS) is 17.5. The second-order valence-corrected chi connectivity index (χ2v) is 7.69. The van der Waals surface area contributed by atoms with Crippen LogP contribution in [0.2, 0.25) is 0 Å². The Labute approximate surface area is 199 Å². The van der Waals surface area contributed by atoms with Crippen molar-refractivity contribution < 1.29 is 9.15 Å². The molecule has 0 aliphatic carbocycles. The largest absolute Gasteiger partial charge is 0.459 e. The van der Waals surface area contributed by atoms with E-state index in [1.54, 1.807) is 6.33 Å². The van der Waals surface area contributed by atoms with E-state index in [1.165, 1.54) is 0 Å². The van der Waals surface area contributed by atoms with Gasteiger partial charge >= 0.3 is 0 Å². The number of nitrogens with one attached hydrogen (secondary N) is 2. The highest BCUT2D eigenvalue weighted by Gasteiger charge is 2.17. The van der Waals surface area contributed by atoms with Crippen molar-refractivity contribution >= 4 is 40.9 Å². The number of nitrogens with zero attached hydrogens (tertiary/aromatic N) is 4. The van der Waals surface area contributed by atoms with Gasteiger partial charge in [-0.3, -0.25) is 4.99 Å². The van der Waals surface area contributed by atoms with Crippen LogP contribution in [0.1, 0.15) is 37.9 Å². The van der Waals surface area contributed by atoms with Gasteiger partial charge in [0.1, 0.15) is 23.5 Å². The van der Waals surface area contributed by atoms with Gasteiger partial charge in [0.25, 0.3) is 0 Å². The number of furan rings is 1. The van der Waals surface area contributed by atoms with Crippen LogP contribution in [0.25, 0.3) is 11.0 Å². The molecule has 2 N–H and O–H groups in total. The predicted molar refractivity (Wildman–Crippen MR) is 132 cm³/mol. The summed E-state index contributed by atoms with van der Waals surface area (Å²) in [6.45, 7) is 8.04. The number of hydrogen-bond acceptors (Lipinski definition) is 5. The number of halogens is 1. The number of aryl methyl sites for hydroxylation is 1. The van der Waals surface area contributed by atoms with Crippen molar-refractivity contribution in [2.24, 2.45) is 10.9 Å². The molecule has 2 atom stereocenters. The summed E-state index contributed by atoms with van der Waals surface area (Å²) < 4.78 is 13.6. The van der Waals surface area contributed by atoms with Crippen LogP contribution in [-0.4, -0.2) is 47.0 Å². The van der Waals surface area contributed by atoms with E-state index in [0.29, 0.717) is 5.92 Å². The maximum Gasteiger partial charge on any atom is 0.191 e. The van der Waals surface area contributed by atoms with Crippen molar-refractivity contribution in [1.29, 1.82) is 0 Å². The molecule has 0 amide bonds. The molecule has 1 aromatic carbocycles. The smallest absolute Gasteiger partial charge is 0.191 e. The second kappa shape index (κ2) is 11.5. The second-order valence-electron chi connectivity index (χ2n) is 7.69. The minimum atomic E-state index is -0.00964. The molecule has 2 aromatic heterocycles. The van der Waals surface area contributed by atoms with Crippen LogP contribution in [0, 0.1) is 5.92 Å². The highest BCUT2D eigenvalue weighted by Crippen LogP contribution is 2.23. The molecule has 3 aromatic rings. The summed E-state index contributed by atoms with van der Waals surface area (Å²) in [6, 6.07) is 10.1. The lowest BCUT2D eigenvalue weighted by atomic mass is 10.1. The molecule has 1 fully saturated rings. The summed E-state index contributed by atoms with van der Waals surface area (Å²) in [6.07, 6.45) is 3.71. The van der Waals surface area contributed by atoms with Gasteiger partial charge in [-0.2, -0.15) is 0 Å². The predicted octanol–water partition coefficient (Wildman–Crippen LogP) is 3.54. The van der Waals surface area contributed by atoms with Gasteiger partial charge in [0, 0.05) is 44.0 Å². The first-order valence-corrected chi connectivity index (χ1v) is 10.7. The van der Waals surface area contributed by atoms with Crippen molar-refractivity contribution in [2.45, 2.75) is 39.3 Å². The molecule has 0 radical (unpaired) electrons. The molecular formula is C22H31IN6O2. The maximum absolute atomic E-state index is 6.02. The Morgan fingerprint density at radius 2 is 2.23 bits per heavy atom. The molecule has 31 heavy (non-hydrogen) atoms. The van der Waals surface area contributed by atoms with Gasteiger partial charge in [-0.05, 0) is 25.5 Å². The Morgan fingerprint density at radius 1 is 1.35 bits per heavy atom. The lowest BCUT2D eigenvalue weighted by Crippen LogP contribution is -2.40. The molecule has 2 unspecified atom stereocenters. The molecule has 168 valence electrons. The highest BCUT2D eigenvalue weighted by molar-refractivity contribution is 14.0. The highest BCUT2D eigenvalue weighted by atomic mass is 127. The van der Waals surface area contributed by atoms with E-state index in [9.17, 15) is 0 Å². The van der Waals surface area contributed by atoms with E-state index in [4.69, 9.17) is 14.1 Å². The molecule has 3 heterocycles. The first-order valence-electron chi connectivity index (χ1n) is 10.7. The third-order valence-electron chi connectivity index (χ3n) is 5.41. The van der Waals surface area contributed by atoms with Crippen LogP contribution in [-0.2, 0) is 17.7 Å². The van der Waals surface area contributed by atoms with Crippen molar-refractivity contribution in [1.82, 2.24) is 25.4 Å². The Balaban J connectivity index is 0.00000272. The van der Waals surface area contributed by atoms with E-state index in [2.05, 4.69) is 51.4 Å². The Kier molecular flexibility index (Phi) is 8.70. The van der Waals surface area contributed by atoms with Crippen LogP contribution >= 0.6 is 24.0 Å². The van der Waals surface area contributed by atoms with Gasteiger partial charge in [0.05, 0.1) is 12.6 Å². The fraction of sp³-hybridized carbons (Fsp3) is 0.500. The fourth-order valence-corrected chi connectivity index (χ4v) is 3.63. The summed E-state index contributed by atoms with van der Waals surface area (Å²) in [5.41, 5.74) is 0.899. The Hall–Kier alpha value is -2.14. The van der Waals surface area contributed by atoms with Crippen molar-refractivity contribution in [3.63, 3.8) is 0 Å². The molecule has 1 aliphatic rings. The number of aliphatic imine (C=N–C) groups is 1. The average Bonchev–Trinajstić information content (AvgIpc) is 3.52. The van der Waals surface area contributed by atoms with E-state index in [0.717, 1.165) is 74.2 Å². The van der Waals surface area contributed by atoms with E-state index < -0.39 is 0 Å². The topological polar surface area (TPSA) is 89.5 Å². The molecule has 1 aliphatic heterocycles. The number of fused-ring (bicyclic) bond motifs is 1. The summed E-state index contributed by atoms with van der Waals surface area (Å²) >= 11 is 0. The Bertz CT molecular complexity index is 946.